The van der Waals surface area contributed by atoms with Gasteiger partial charge < -0.3 is 5.32 Å². The van der Waals surface area contributed by atoms with E-state index in [-0.39, 0.29) is 0 Å². The highest BCUT2D eigenvalue weighted by molar-refractivity contribution is 9.10. The number of likely N-dealkylation sites (N-methyl/N-ethyl adjacent to an activating group) is 1. The van der Waals surface area contributed by atoms with Gasteiger partial charge >= 0.3 is 0 Å². The molecule has 106 valence electrons. The monoisotopic (exact) mass is 344 g/mol. The minimum atomic E-state index is 0.639. The molecule has 0 amide bonds. The van der Waals surface area contributed by atoms with Crippen molar-refractivity contribution in [3.63, 3.8) is 0 Å². The van der Waals surface area contributed by atoms with Gasteiger partial charge in [-0.25, -0.2) is 0 Å². The number of benzene rings is 1. The molecule has 0 radical (unpaired) electrons. The van der Waals surface area contributed by atoms with Crippen molar-refractivity contribution in [3.05, 3.63) is 33.3 Å². The molecule has 2 nitrogen and oxygen atoms in total. The fourth-order valence-electron chi connectivity index (χ4n) is 2.60. The topological polar surface area (TPSA) is 15.3 Å². The Labute approximate surface area is 129 Å². The van der Waals surface area contributed by atoms with Crippen molar-refractivity contribution in [1.82, 2.24) is 10.2 Å². The van der Waals surface area contributed by atoms with Crippen LogP contribution in [0.25, 0.3) is 0 Å². The van der Waals surface area contributed by atoms with Gasteiger partial charge in [-0.3, -0.25) is 4.90 Å². The van der Waals surface area contributed by atoms with Crippen LogP contribution in [0.2, 0.25) is 5.02 Å². The van der Waals surface area contributed by atoms with Crippen LogP contribution >= 0.6 is 27.5 Å². The van der Waals surface area contributed by atoms with E-state index >= 15 is 0 Å². The summed E-state index contributed by atoms with van der Waals surface area (Å²) in [5.74, 6) is 0. The normalized spacial score (nSPS) is 19.9. The second-order valence-electron chi connectivity index (χ2n) is 5.21. The Bertz CT molecular complexity index is 405. The smallest absolute Gasteiger partial charge is 0.0451 e. The number of nitrogens with zero attached hydrogens (tertiary/aromatic N) is 1. The van der Waals surface area contributed by atoms with Gasteiger partial charge in [0.05, 0.1) is 0 Å². The van der Waals surface area contributed by atoms with E-state index in [0.29, 0.717) is 6.04 Å². The third-order valence-electron chi connectivity index (χ3n) is 3.74. The molecule has 0 saturated carbocycles. The third kappa shape index (κ3) is 4.75. The van der Waals surface area contributed by atoms with Crippen LogP contribution in [0.1, 0.15) is 31.7 Å². The number of piperidine rings is 1. The Hall–Kier alpha value is -0.0900. The summed E-state index contributed by atoms with van der Waals surface area (Å²) in [7, 11) is 0. The molecule has 1 aliphatic rings. The molecule has 1 aromatic carbocycles. The van der Waals surface area contributed by atoms with Gasteiger partial charge in [-0.1, -0.05) is 40.9 Å². The van der Waals surface area contributed by atoms with Crippen LogP contribution in [0.3, 0.4) is 0 Å². The Balaban J connectivity index is 1.95. The summed E-state index contributed by atoms with van der Waals surface area (Å²) in [5.41, 5.74) is 1.20. The first-order valence-corrected chi connectivity index (χ1v) is 8.26. The number of nitrogens with one attached hydrogen (secondary N) is 1. The van der Waals surface area contributed by atoms with E-state index in [9.17, 15) is 0 Å². The zero-order chi connectivity index (χ0) is 13.7. The summed E-state index contributed by atoms with van der Waals surface area (Å²) in [5, 5.41) is 4.47. The molecular weight excluding hydrogens is 324 g/mol. The minimum Gasteiger partial charge on any atom is -0.313 e. The molecule has 19 heavy (non-hydrogen) atoms. The molecule has 2 rings (SSSR count). The molecule has 1 unspecified atom stereocenters. The highest BCUT2D eigenvalue weighted by Crippen LogP contribution is 2.22. The van der Waals surface area contributed by atoms with E-state index in [1.54, 1.807) is 0 Å². The van der Waals surface area contributed by atoms with Gasteiger partial charge in [-0.15, -0.1) is 0 Å². The van der Waals surface area contributed by atoms with Crippen molar-refractivity contribution >= 4 is 27.5 Å². The minimum absolute atomic E-state index is 0.639. The molecule has 1 fully saturated rings. The fourth-order valence-corrected chi connectivity index (χ4v) is 3.19. The second kappa shape index (κ2) is 7.63. The lowest BCUT2D eigenvalue weighted by Gasteiger charge is -2.30. The fraction of sp³-hybridized carbons (Fsp3) is 0.600. The molecule has 1 heterocycles. The molecule has 1 aromatic rings. The molecule has 4 heteroatoms. The standard InChI is InChI=1S/C15H22BrClN2/c1-2-19(11-14-5-3-4-8-18-14)10-12-9-13(16)6-7-15(12)17/h6-7,9,14,18H,2-5,8,10-11H2,1H3. The Morgan fingerprint density at radius 2 is 2.26 bits per heavy atom. The molecule has 1 aliphatic heterocycles. The first-order chi connectivity index (χ1) is 9.19. The zero-order valence-electron chi connectivity index (χ0n) is 11.5. The number of halogens is 2. The maximum absolute atomic E-state index is 6.28. The number of hydrogen-bond donors (Lipinski definition) is 1. The Morgan fingerprint density at radius 3 is 2.95 bits per heavy atom. The predicted molar refractivity (Wildman–Crippen MR) is 85.7 cm³/mol. The van der Waals surface area contributed by atoms with Gasteiger partial charge in [-0.2, -0.15) is 0 Å². The molecule has 0 spiro atoms. The van der Waals surface area contributed by atoms with Crippen LogP contribution in [-0.2, 0) is 6.54 Å². The number of hydrogen-bond acceptors (Lipinski definition) is 2. The maximum Gasteiger partial charge on any atom is 0.0451 e. The van der Waals surface area contributed by atoms with Crippen molar-refractivity contribution in [1.29, 1.82) is 0 Å². The van der Waals surface area contributed by atoms with E-state index < -0.39 is 0 Å². The molecule has 0 aliphatic carbocycles. The second-order valence-corrected chi connectivity index (χ2v) is 6.53. The summed E-state index contributed by atoms with van der Waals surface area (Å²) >= 11 is 9.79. The highest BCUT2D eigenvalue weighted by Gasteiger charge is 2.16. The van der Waals surface area contributed by atoms with E-state index in [2.05, 4.69) is 39.1 Å². The molecular formula is C15H22BrClN2. The summed E-state index contributed by atoms with van der Waals surface area (Å²) in [6, 6.07) is 6.72. The van der Waals surface area contributed by atoms with Crippen LogP contribution in [0.4, 0.5) is 0 Å². The van der Waals surface area contributed by atoms with Crippen molar-refractivity contribution < 1.29 is 0 Å². The van der Waals surface area contributed by atoms with Gasteiger partial charge in [0.15, 0.2) is 0 Å². The molecule has 0 aromatic heterocycles. The maximum atomic E-state index is 6.28. The van der Waals surface area contributed by atoms with Crippen molar-refractivity contribution in [3.8, 4) is 0 Å². The average molecular weight is 346 g/mol. The van der Waals surface area contributed by atoms with E-state index in [0.717, 1.165) is 29.1 Å². The molecule has 0 bridgehead atoms. The van der Waals surface area contributed by atoms with Gasteiger partial charge in [0.25, 0.3) is 0 Å². The van der Waals surface area contributed by atoms with Crippen molar-refractivity contribution in [2.45, 2.75) is 38.8 Å². The third-order valence-corrected chi connectivity index (χ3v) is 4.60. The SMILES string of the molecule is CCN(Cc1cc(Br)ccc1Cl)CC1CCCCN1. The first-order valence-electron chi connectivity index (χ1n) is 7.08. The lowest BCUT2D eigenvalue weighted by Crippen LogP contribution is -2.43. The first kappa shape index (κ1) is 15.3. The molecule has 1 N–H and O–H groups in total. The summed E-state index contributed by atoms with van der Waals surface area (Å²) < 4.78 is 1.10. The lowest BCUT2D eigenvalue weighted by atomic mass is 10.0. The predicted octanol–water partition coefficient (Wildman–Crippen LogP) is 4.07. The van der Waals surface area contributed by atoms with E-state index in [4.69, 9.17) is 11.6 Å². The summed E-state index contributed by atoms with van der Waals surface area (Å²) in [6.45, 7) is 6.47. The lowest BCUT2D eigenvalue weighted by molar-refractivity contribution is 0.226. The van der Waals surface area contributed by atoms with Gasteiger partial charge in [0, 0.05) is 28.6 Å². The Kier molecular flexibility index (Phi) is 6.14. The van der Waals surface area contributed by atoms with E-state index in [1.165, 1.54) is 31.4 Å². The molecule has 1 atom stereocenters. The quantitative estimate of drug-likeness (QED) is 0.865. The van der Waals surface area contributed by atoms with Crippen molar-refractivity contribution in [2.75, 3.05) is 19.6 Å². The summed E-state index contributed by atoms with van der Waals surface area (Å²) in [4.78, 5) is 2.47. The van der Waals surface area contributed by atoms with Crippen molar-refractivity contribution in [2.24, 2.45) is 0 Å². The van der Waals surface area contributed by atoms with Gasteiger partial charge in [0.2, 0.25) is 0 Å². The largest absolute Gasteiger partial charge is 0.313 e. The van der Waals surface area contributed by atoms with Gasteiger partial charge in [0.1, 0.15) is 0 Å². The van der Waals surface area contributed by atoms with Crippen LogP contribution in [0.15, 0.2) is 22.7 Å². The van der Waals surface area contributed by atoms with Crippen LogP contribution < -0.4 is 5.32 Å². The van der Waals surface area contributed by atoms with E-state index in [1.807, 2.05) is 12.1 Å². The highest BCUT2D eigenvalue weighted by atomic mass is 79.9. The van der Waals surface area contributed by atoms with Crippen LogP contribution in [0, 0.1) is 0 Å². The average Bonchev–Trinajstić information content (AvgIpc) is 2.43. The number of rotatable bonds is 5. The van der Waals surface area contributed by atoms with Crippen LogP contribution in [0.5, 0.6) is 0 Å². The van der Waals surface area contributed by atoms with Gasteiger partial charge in [-0.05, 0) is 49.7 Å². The zero-order valence-corrected chi connectivity index (χ0v) is 13.8. The van der Waals surface area contributed by atoms with Crippen LogP contribution in [-0.4, -0.2) is 30.6 Å². The Morgan fingerprint density at radius 1 is 1.42 bits per heavy atom. The summed E-state index contributed by atoms with van der Waals surface area (Å²) in [6.07, 6.45) is 3.97. The molecule has 1 saturated heterocycles.